The molecule has 0 unspecified atom stereocenters. The van der Waals surface area contributed by atoms with E-state index < -0.39 is 19.1 Å². The molecule has 0 fully saturated rings. The van der Waals surface area contributed by atoms with Crippen molar-refractivity contribution in [1.29, 1.82) is 0 Å². The first-order valence-corrected chi connectivity index (χ1v) is 5.76. The van der Waals surface area contributed by atoms with Gasteiger partial charge in [0.25, 0.3) is 5.92 Å². The van der Waals surface area contributed by atoms with Gasteiger partial charge in [0.05, 0.1) is 6.54 Å². The summed E-state index contributed by atoms with van der Waals surface area (Å²) in [6.07, 6.45) is 0. The van der Waals surface area contributed by atoms with Crippen molar-refractivity contribution in [1.82, 2.24) is 5.32 Å². The average Bonchev–Trinajstić information content (AvgIpc) is 2.66. The largest absolute Gasteiger partial charge is 0.444 e. The molecule has 0 spiro atoms. The van der Waals surface area contributed by atoms with Crippen LogP contribution in [0, 0.1) is 0 Å². The molecule has 0 radical (unpaired) electrons. The summed E-state index contributed by atoms with van der Waals surface area (Å²) in [5.74, 6) is -3.13. The number of alkyl halides is 2. The zero-order chi connectivity index (χ0) is 13.2. The number of halogens is 3. The van der Waals surface area contributed by atoms with E-state index in [-0.39, 0.29) is 11.8 Å². The second-order valence-corrected chi connectivity index (χ2v) is 4.31. The zero-order valence-electron chi connectivity index (χ0n) is 9.42. The van der Waals surface area contributed by atoms with Crippen LogP contribution >= 0.6 is 11.6 Å². The van der Waals surface area contributed by atoms with Gasteiger partial charge < -0.3 is 14.8 Å². The lowest BCUT2D eigenvalue weighted by Crippen LogP contribution is -2.35. The van der Waals surface area contributed by atoms with Gasteiger partial charge in [-0.2, -0.15) is 0 Å². The number of hydrogen-bond acceptors (Lipinski definition) is 3. The maximum atomic E-state index is 12.8. The zero-order valence-corrected chi connectivity index (χ0v) is 10.2. The molecule has 18 heavy (non-hydrogen) atoms. The van der Waals surface area contributed by atoms with Gasteiger partial charge in [-0.05, 0) is 17.7 Å². The SMILES string of the molecule is OCC(F)(F)CNCc1c(Cl)oc2ccccc12. The molecule has 98 valence electrons. The summed E-state index contributed by atoms with van der Waals surface area (Å²) in [6.45, 7) is -1.63. The van der Waals surface area contributed by atoms with Crippen molar-refractivity contribution in [3.05, 3.63) is 35.0 Å². The van der Waals surface area contributed by atoms with Gasteiger partial charge in [0.15, 0.2) is 5.22 Å². The van der Waals surface area contributed by atoms with Crippen LogP contribution in [0.2, 0.25) is 5.22 Å². The molecular formula is C12H12ClF2NO2. The fourth-order valence-electron chi connectivity index (χ4n) is 1.66. The van der Waals surface area contributed by atoms with Gasteiger partial charge in [-0.25, -0.2) is 8.78 Å². The van der Waals surface area contributed by atoms with Gasteiger partial charge in [-0.3, -0.25) is 0 Å². The smallest absolute Gasteiger partial charge is 0.282 e. The minimum absolute atomic E-state index is 0.158. The van der Waals surface area contributed by atoms with E-state index in [1.54, 1.807) is 12.1 Å². The third-order valence-corrected chi connectivity index (χ3v) is 2.87. The Hall–Kier alpha value is -1.17. The number of aliphatic hydroxyl groups is 1. The summed E-state index contributed by atoms with van der Waals surface area (Å²) < 4.78 is 31.0. The predicted molar refractivity (Wildman–Crippen MR) is 65.0 cm³/mol. The molecule has 1 heterocycles. The van der Waals surface area contributed by atoms with Crippen LogP contribution in [0.1, 0.15) is 5.56 Å². The molecule has 6 heteroatoms. The van der Waals surface area contributed by atoms with Gasteiger partial charge >= 0.3 is 0 Å². The molecule has 0 saturated carbocycles. The molecule has 2 N–H and O–H groups in total. The second-order valence-electron chi connectivity index (χ2n) is 3.97. The first-order valence-electron chi connectivity index (χ1n) is 5.39. The van der Waals surface area contributed by atoms with Crippen LogP contribution in [-0.4, -0.2) is 24.2 Å². The van der Waals surface area contributed by atoms with E-state index in [1.807, 2.05) is 12.1 Å². The highest BCUT2D eigenvalue weighted by Crippen LogP contribution is 2.29. The molecule has 3 nitrogen and oxygen atoms in total. The maximum Gasteiger partial charge on any atom is 0.282 e. The first-order chi connectivity index (χ1) is 8.53. The Bertz CT molecular complexity index is 542. The molecule has 0 atom stereocenters. The number of para-hydroxylation sites is 1. The van der Waals surface area contributed by atoms with Gasteiger partial charge in [-0.15, -0.1) is 0 Å². The standard InChI is InChI=1S/C12H12ClF2NO2/c13-11-9(5-16-6-12(14,15)7-17)8-3-1-2-4-10(8)18-11/h1-4,16-17H,5-7H2. The Balaban J connectivity index is 2.10. The fourth-order valence-corrected chi connectivity index (χ4v) is 1.91. The fraction of sp³-hybridized carbons (Fsp3) is 0.333. The summed E-state index contributed by atoms with van der Waals surface area (Å²) in [5, 5.41) is 12.0. The van der Waals surface area contributed by atoms with Crippen LogP contribution in [-0.2, 0) is 6.54 Å². The molecule has 0 aliphatic rings. The van der Waals surface area contributed by atoms with Gasteiger partial charge in [0, 0.05) is 17.5 Å². The van der Waals surface area contributed by atoms with Crippen molar-refractivity contribution < 1.29 is 18.3 Å². The normalized spacial score (nSPS) is 12.2. The van der Waals surface area contributed by atoms with E-state index in [2.05, 4.69) is 5.32 Å². The number of nitrogens with one attached hydrogen (secondary N) is 1. The first kappa shape index (κ1) is 13.3. The van der Waals surface area contributed by atoms with Gasteiger partial charge in [0.1, 0.15) is 12.2 Å². The van der Waals surface area contributed by atoms with E-state index in [0.717, 1.165) is 5.39 Å². The lowest BCUT2D eigenvalue weighted by atomic mass is 10.2. The Kier molecular flexibility index (Phi) is 3.85. The Morgan fingerprint density at radius 3 is 2.78 bits per heavy atom. The quantitative estimate of drug-likeness (QED) is 0.882. The molecule has 0 amide bonds. The molecule has 0 aliphatic carbocycles. The summed E-state index contributed by atoms with van der Waals surface area (Å²) in [4.78, 5) is 0. The van der Waals surface area contributed by atoms with Crippen molar-refractivity contribution in [2.75, 3.05) is 13.2 Å². The molecule has 1 aromatic heterocycles. The van der Waals surface area contributed by atoms with E-state index >= 15 is 0 Å². The van der Waals surface area contributed by atoms with Gasteiger partial charge in [-0.1, -0.05) is 18.2 Å². The van der Waals surface area contributed by atoms with E-state index in [0.29, 0.717) is 11.1 Å². The highest BCUT2D eigenvalue weighted by atomic mass is 35.5. The van der Waals surface area contributed by atoms with Crippen molar-refractivity contribution in [2.24, 2.45) is 0 Å². The molecule has 0 bridgehead atoms. The van der Waals surface area contributed by atoms with Crippen LogP contribution in [0.25, 0.3) is 11.0 Å². The summed E-state index contributed by atoms with van der Waals surface area (Å²) in [7, 11) is 0. The van der Waals surface area contributed by atoms with Crippen LogP contribution in [0.15, 0.2) is 28.7 Å². The third kappa shape index (κ3) is 2.80. The lowest BCUT2D eigenvalue weighted by molar-refractivity contribution is -0.0477. The van der Waals surface area contributed by atoms with E-state index in [9.17, 15) is 8.78 Å². The summed E-state index contributed by atoms with van der Waals surface area (Å²) in [5.41, 5.74) is 1.26. The third-order valence-electron chi connectivity index (χ3n) is 2.57. The number of rotatable bonds is 5. The molecule has 1 aromatic carbocycles. The van der Waals surface area contributed by atoms with Crippen LogP contribution in [0.3, 0.4) is 0 Å². The van der Waals surface area contributed by atoms with Crippen molar-refractivity contribution in [3.63, 3.8) is 0 Å². The molecule has 2 aromatic rings. The topological polar surface area (TPSA) is 45.4 Å². The maximum absolute atomic E-state index is 12.8. The van der Waals surface area contributed by atoms with Crippen molar-refractivity contribution in [2.45, 2.75) is 12.5 Å². The van der Waals surface area contributed by atoms with E-state index in [1.165, 1.54) is 0 Å². The molecule has 0 aliphatic heterocycles. The number of hydrogen-bond donors (Lipinski definition) is 2. The van der Waals surface area contributed by atoms with Crippen LogP contribution in [0.4, 0.5) is 8.78 Å². The molecule has 0 saturated heterocycles. The van der Waals surface area contributed by atoms with Crippen LogP contribution in [0.5, 0.6) is 0 Å². The summed E-state index contributed by atoms with van der Waals surface area (Å²) >= 11 is 5.91. The molecular weight excluding hydrogens is 264 g/mol. The number of furan rings is 1. The monoisotopic (exact) mass is 275 g/mol. The molecule has 2 rings (SSSR count). The minimum atomic E-state index is -3.13. The predicted octanol–water partition coefficient (Wildman–Crippen LogP) is 2.80. The number of benzene rings is 1. The Labute approximate surface area is 107 Å². The van der Waals surface area contributed by atoms with E-state index in [4.69, 9.17) is 21.1 Å². The van der Waals surface area contributed by atoms with Crippen molar-refractivity contribution >= 4 is 22.6 Å². The minimum Gasteiger partial charge on any atom is -0.444 e. The Morgan fingerprint density at radius 2 is 2.06 bits per heavy atom. The lowest BCUT2D eigenvalue weighted by Gasteiger charge is -2.13. The van der Waals surface area contributed by atoms with Gasteiger partial charge in [0.2, 0.25) is 0 Å². The van der Waals surface area contributed by atoms with Crippen molar-refractivity contribution in [3.8, 4) is 0 Å². The highest BCUT2D eigenvalue weighted by Gasteiger charge is 2.27. The highest BCUT2D eigenvalue weighted by molar-refractivity contribution is 6.30. The Morgan fingerprint density at radius 1 is 1.33 bits per heavy atom. The number of aliphatic hydroxyl groups excluding tert-OH is 1. The second kappa shape index (κ2) is 5.22. The average molecular weight is 276 g/mol. The summed E-state index contributed by atoms with van der Waals surface area (Å²) in [6, 6.07) is 7.19. The number of fused-ring (bicyclic) bond motifs is 1. The van der Waals surface area contributed by atoms with Crippen LogP contribution < -0.4 is 5.32 Å².